The standard InChI is InChI=1S/C30H35Cl2N3O4S/c1-5-22(3)33-30(37)28(17-23-9-7-6-8-10-23)34(19-24-12-15-25(31)16-13-24)29(36)20-35(40(4,38)39)27-18-26(32)14-11-21(27)2/h6-16,18,22,28H,5,17,19-20H2,1-4H3,(H,33,37)/t22-,28-/m1/s1. The van der Waals surface area contributed by atoms with Crippen molar-refractivity contribution in [3.63, 3.8) is 0 Å². The van der Waals surface area contributed by atoms with E-state index in [0.717, 1.165) is 21.7 Å². The Bertz CT molecular complexity index is 1420. The third-order valence-corrected chi connectivity index (χ3v) is 8.27. The molecule has 0 aromatic heterocycles. The summed E-state index contributed by atoms with van der Waals surface area (Å²) in [4.78, 5) is 29.2. The van der Waals surface area contributed by atoms with E-state index >= 15 is 0 Å². The molecule has 0 aliphatic rings. The van der Waals surface area contributed by atoms with Gasteiger partial charge in [-0.3, -0.25) is 13.9 Å². The quantitative estimate of drug-likeness (QED) is 0.291. The number of sulfonamides is 1. The number of amides is 2. The van der Waals surface area contributed by atoms with Gasteiger partial charge >= 0.3 is 0 Å². The lowest BCUT2D eigenvalue weighted by Crippen LogP contribution is -2.54. The van der Waals surface area contributed by atoms with Gasteiger partial charge in [-0.1, -0.05) is 78.7 Å². The number of carbonyl (C=O) groups excluding carboxylic acids is 2. The number of aryl methyl sites for hydroxylation is 1. The van der Waals surface area contributed by atoms with Crippen LogP contribution in [0.1, 0.15) is 37.0 Å². The minimum atomic E-state index is -3.88. The Kier molecular flexibility index (Phi) is 11.0. The molecule has 1 N–H and O–H groups in total. The number of benzene rings is 3. The van der Waals surface area contributed by atoms with Gasteiger partial charge in [-0.05, 0) is 61.2 Å². The zero-order chi connectivity index (χ0) is 29.4. The Morgan fingerprint density at radius 3 is 2.15 bits per heavy atom. The Labute approximate surface area is 247 Å². The van der Waals surface area contributed by atoms with Crippen molar-refractivity contribution in [3.8, 4) is 0 Å². The molecular formula is C30H35Cl2N3O4S. The van der Waals surface area contributed by atoms with Crippen LogP contribution in [0, 0.1) is 6.92 Å². The van der Waals surface area contributed by atoms with Gasteiger partial charge in [0, 0.05) is 29.1 Å². The van der Waals surface area contributed by atoms with Crippen molar-refractivity contribution in [2.45, 2.75) is 52.2 Å². The average Bonchev–Trinajstić information content (AvgIpc) is 2.91. The summed E-state index contributed by atoms with van der Waals surface area (Å²) in [6, 6.07) is 20.3. The minimum absolute atomic E-state index is 0.0769. The smallest absolute Gasteiger partial charge is 0.244 e. The molecule has 214 valence electrons. The monoisotopic (exact) mass is 603 g/mol. The van der Waals surface area contributed by atoms with Crippen LogP contribution in [0.2, 0.25) is 10.0 Å². The molecular weight excluding hydrogens is 569 g/mol. The average molecular weight is 605 g/mol. The SMILES string of the molecule is CC[C@@H](C)NC(=O)[C@@H](Cc1ccccc1)N(Cc1ccc(Cl)cc1)C(=O)CN(c1cc(Cl)ccc1C)S(C)(=O)=O. The molecule has 7 nitrogen and oxygen atoms in total. The van der Waals surface area contributed by atoms with Gasteiger partial charge in [0.2, 0.25) is 21.8 Å². The van der Waals surface area contributed by atoms with Crippen molar-refractivity contribution < 1.29 is 18.0 Å². The molecule has 0 saturated carbocycles. The van der Waals surface area contributed by atoms with Crippen LogP contribution >= 0.6 is 23.2 Å². The van der Waals surface area contributed by atoms with E-state index in [-0.39, 0.29) is 24.9 Å². The minimum Gasteiger partial charge on any atom is -0.352 e. The molecule has 2 atom stereocenters. The molecule has 0 fully saturated rings. The summed E-state index contributed by atoms with van der Waals surface area (Å²) in [5, 5.41) is 3.89. The highest BCUT2D eigenvalue weighted by atomic mass is 35.5. The molecule has 10 heteroatoms. The lowest BCUT2D eigenvalue weighted by atomic mass is 10.0. The van der Waals surface area contributed by atoms with E-state index in [9.17, 15) is 18.0 Å². The van der Waals surface area contributed by atoms with Crippen LogP contribution in [0.3, 0.4) is 0 Å². The maximum Gasteiger partial charge on any atom is 0.244 e. The Morgan fingerprint density at radius 1 is 0.925 bits per heavy atom. The first-order valence-electron chi connectivity index (χ1n) is 13.0. The van der Waals surface area contributed by atoms with Gasteiger partial charge in [0.05, 0.1) is 11.9 Å². The molecule has 0 unspecified atom stereocenters. The fraction of sp³-hybridized carbons (Fsp3) is 0.333. The van der Waals surface area contributed by atoms with E-state index in [1.54, 1.807) is 43.3 Å². The van der Waals surface area contributed by atoms with E-state index in [1.807, 2.05) is 44.2 Å². The Morgan fingerprint density at radius 2 is 1.55 bits per heavy atom. The van der Waals surface area contributed by atoms with Crippen LogP contribution in [-0.4, -0.2) is 50.0 Å². The maximum absolute atomic E-state index is 14.1. The number of carbonyl (C=O) groups is 2. The first-order valence-corrected chi connectivity index (χ1v) is 15.6. The second kappa shape index (κ2) is 14.0. The number of anilines is 1. The maximum atomic E-state index is 14.1. The first-order chi connectivity index (χ1) is 18.9. The van der Waals surface area contributed by atoms with Crippen molar-refractivity contribution in [3.05, 3.63) is 99.5 Å². The van der Waals surface area contributed by atoms with Gasteiger partial charge in [0.25, 0.3) is 0 Å². The number of hydrogen-bond acceptors (Lipinski definition) is 4. The van der Waals surface area contributed by atoms with Crippen LogP contribution < -0.4 is 9.62 Å². The molecule has 3 rings (SSSR count). The summed E-state index contributed by atoms with van der Waals surface area (Å²) < 4.78 is 26.9. The predicted molar refractivity (Wildman–Crippen MR) is 162 cm³/mol. The van der Waals surface area contributed by atoms with Crippen LogP contribution in [-0.2, 0) is 32.6 Å². The van der Waals surface area contributed by atoms with Crippen molar-refractivity contribution in [1.29, 1.82) is 0 Å². The predicted octanol–water partition coefficient (Wildman–Crippen LogP) is 5.62. The molecule has 0 saturated heterocycles. The topological polar surface area (TPSA) is 86.8 Å². The third kappa shape index (κ3) is 8.71. The Hall–Kier alpha value is -3.07. The lowest BCUT2D eigenvalue weighted by Gasteiger charge is -2.34. The molecule has 40 heavy (non-hydrogen) atoms. The highest BCUT2D eigenvalue weighted by Gasteiger charge is 2.33. The number of hydrogen-bond donors (Lipinski definition) is 1. The zero-order valence-electron chi connectivity index (χ0n) is 23.1. The van der Waals surface area contributed by atoms with Crippen molar-refractivity contribution in [2.24, 2.45) is 0 Å². The second-order valence-electron chi connectivity index (χ2n) is 9.87. The molecule has 3 aromatic rings. The molecule has 0 radical (unpaired) electrons. The normalized spacial score (nSPS) is 12.8. The molecule has 0 spiro atoms. The molecule has 3 aromatic carbocycles. The summed E-state index contributed by atoms with van der Waals surface area (Å²) >= 11 is 12.3. The van der Waals surface area contributed by atoms with Crippen molar-refractivity contribution in [2.75, 3.05) is 17.1 Å². The number of nitrogens with zero attached hydrogens (tertiary/aromatic N) is 2. The van der Waals surface area contributed by atoms with Crippen molar-refractivity contribution in [1.82, 2.24) is 10.2 Å². The lowest BCUT2D eigenvalue weighted by molar-refractivity contribution is -0.140. The summed E-state index contributed by atoms with van der Waals surface area (Å²) in [5.74, 6) is -0.842. The zero-order valence-corrected chi connectivity index (χ0v) is 25.4. The van der Waals surface area contributed by atoms with Gasteiger partial charge in [-0.25, -0.2) is 8.42 Å². The second-order valence-corrected chi connectivity index (χ2v) is 12.7. The van der Waals surface area contributed by atoms with Gasteiger partial charge in [-0.15, -0.1) is 0 Å². The summed E-state index contributed by atoms with van der Waals surface area (Å²) in [6.07, 6.45) is 2.00. The summed E-state index contributed by atoms with van der Waals surface area (Å²) in [7, 11) is -3.88. The fourth-order valence-electron chi connectivity index (χ4n) is 4.23. The molecule has 0 aliphatic heterocycles. The van der Waals surface area contributed by atoms with Crippen LogP contribution in [0.4, 0.5) is 5.69 Å². The third-order valence-electron chi connectivity index (χ3n) is 6.66. The van der Waals surface area contributed by atoms with Gasteiger partial charge in [0.15, 0.2) is 0 Å². The Balaban J connectivity index is 2.08. The largest absolute Gasteiger partial charge is 0.352 e. The van der Waals surface area contributed by atoms with Gasteiger partial charge in [0.1, 0.15) is 12.6 Å². The van der Waals surface area contributed by atoms with Gasteiger partial charge < -0.3 is 10.2 Å². The van der Waals surface area contributed by atoms with Crippen molar-refractivity contribution >= 4 is 50.7 Å². The van der Waals surface area contributed by atoms with Crippen LogP contribution in [0.5, 0.6) is 0 Å². The first kappa shape index (κ1) is 31.5. The van der Waals surface area contributed by atoms with E-state index in [4.69, 9.17) is 23.2 Å². The van der Waals surface area contributed by atoms with E-state index in [1.165, 1.54) is 11.0 Å². The van der Waals surface area contributed by atoms with Gasteiger partial charge in [-0.2, -0.15) is 0 Å². The number of halogens is 2. The van der Waals surface area contributed by atoms with E-state index in [0.29, 0.717) is 27.7 Å². The summed E-state index contributed by atoms with van der Waals surface area (Å²) in [6.45, 7) is 5.18. The highest BCUT2D eigenvalue weighted by molar-refractivity contribution is 7.92. The highest BCUT2D eigenvalue weighted by Crippen LogP contribution is 2.27. The fourth-order valence-corrected chi connectivity index (χ4v) is 5.42. The molecule has 0 heterocycles. The summed E-state index contributed by atoms with van der Waals surface area (Å²) in [5.41, 5.74) is 2.56. The molecule has 2 amide bonds. The molecule has 0 bridgehead atoms. The number of nitrogens with one attached hydrogen (secondary N) is 1. The van der Waals surface area contributed by atoms with Crippen LogP contribution in [0.15, 0.2) is 72.8 Å². The molecule has 0 aliphatic carbocycles. The van der Waals surface area contributed by atoms with E-state index in [2.05, 4.69) is 5.32 Å². The number of rotatable bonds is 12. The van der Waals surface area contributed by atoms with E-state index < -0.39 is 28.5 Å². The van der Waals surface area contributed by atoms with Crippen LogP contribution in [0.25, 0.3) is 0 Å².